The van der Waals surface area contributed by atoms with E-state index >= 15 is 0 Å². The standard InChI is InChI=1S/C29H31Cl3N8O4/c1-16(2)24-23-26(40(38-24)25-20(31)14-18(30)15-21(25)32)36-22(37-27(23)41)13-17-5-7-19(8-6-17)44-29(3,4)28(42)34-9-11-43-12-10-35-39-33/h5-8,14-16H,9-13H2,1-4H3,(H,34,42)(H,36,37,41). The Morgan fingerprint density at radius 1 is 1.16 bits per heavy atom. The van der Waals surface area contributed by atoms with Crippen LogP contribution in [0, 0.1) is 0 Å². The molecule has 2 aromatic heterocycles. The smallest absolute Gasteiger partial charge is 0.263 e. The Labute approximate surface area is 268 Å². The van der Waals surface area contributed by atoms with Gasteiger partial charge in [0.1, 0.15) is 22.6 Å². The topological polar surface area (TPSA) is 160 Å². The fourth-order valence-corrected chi connectivity index (χ4v) is 5.37. The highest BCUT2D eigenvalue weighted by atomic mass is 35.5. The Kier molecular flexibility index (Phi) is 10.8. The number of nitrogens with one attached hydrogen (secondary N) is 2. The molecule has 15 heteroatoms. The zero-order valence-electron chi connectivity index (χ0n) is 24.5. The van der Waals surface area contributed by atoms with Crippen LogP contribution in [-0.4, -0.2) is 57.6 Å². The summed E-state index contributed by atoms with van der Waals surface area (Å²) in [5.74, 6) is 0.520. The van der Waals surface area contributed by atoms with Crippen LogP contribution in [0.5, 0.6) is 5.75 Å². The van der Waals surface area contributed by atoms with Gasteiger partial charge in [0.2, 0.25) is 0 Å². The zero-order chi connectivity index (χ0) is 32.0. The lowest BCUT2D eigenvalue weighted by atomic mass is 10.1. The molecule has 1 amide bonds. The molecule has 0 spiro atoms. The Hall–Kier alpha value is -3.80. The molecule has 2 aromatic carbocycles. The van der Waals surface area contributed by atoms with Gasteiger partial charge < -0.3 is 19.8 Å². The molecule has 0 saturated heterocycles. The average molecular weight is 662 g/mol. The van der Waals surface area contributed by atoms with Crippen LogP contribution < -0.4 is 15.6 Å². The van der Waals surface area contributed by atoms with Gasteiger partial charge >= 0.3 is 0 Å². The molecule has 44 heavy (non-hydrogen) atoms. The molecule has 0 aliphatic rings. The quantitative estimate of drug-likeness (QED) is 0.0731. The lowest BCUT2D eigenvalue weighted by Gasteiger charge is -2.25. The molecule has 0 unspecified atom stereocenters. The number of fused-ring (bicyclic) bond motifs is 1. The summed E-state index contributed by atoms with van der Waals surface area (Å²) in [7, 11) is 0. The Morgan fingerprint density at radius 2 is 1.84 bits per heavy atom. The number of amides is 1. The molecule has 0 bridgehead atoms. The van der Waals surface area contributed by atoms with Crippen LogP contribution in [0.3, 0.4) is 0 Å². The minimum atomic E-state index is -1.15. The molecule has 232 valence electrons. The number of benzene rings is 2. The predicted octanol–water partition coefficient (Wildman–Crippen LogP) is 6.38. The first-order chi connectivity index (χ1) is 20.9. The number of ether oxygens (including phenoxy) is 2. The number of azide groups is 1. The van der Waals surface area contributed by atoms with E-state index in [0.717, 1.165) is 5.56 Å². The van der Waals surface area contributed by atoms with Gasteiger partial charge in [-0.05, 0) is 55.1 Å². The van der Waals surface area contributed by atoms with Gasteiger partial charge in [0.15, 0.2) is 11.2 Å². The maximum absolute atomic E-state index is 13.3. The van der Waals surface area contributed by atoms with E-state index in [0.29, 0.717) is 45.4 Å². The van der Waals surface area contributed by atoms with E-state index in [1.54, 1.807) is 38.1 Å². The minimum Gasteiger partial charge on any atom is -0.478 e. The second kappa shape index (κ2) is 14.3. The fourth-order valence-electron chi connectivity index (χ4n) is 4.39. The Bertz CT molecular complexity index is 1740. The number of aromatic nitrogens is 4. The van der Waals surface area contributed by atoms with Crippen molar-refractivity contribution in [1.29, 1.82) is 0 Å². The van der Waals surface area contributed by atoms with Crippen molar-refractivity contribution >= 4 is 51.7 Å². The van der Waals surface area contributed by atoms with Crippen molar-refractivity contribution in [1.82, 2.24) is 25.1 Å². The second-order valence-corrected chi connectivity index (χ2v) is 11.9. The maximum atomic E-state index is 13.3. The van der Waals surface area contributed by atoms with E-state index in [9.17, 15) is 9.59 Å². The van der Waals surface area contributed by atoms with Crippen LogP contribution in [0.2, 0.25) is 15.1 Å². The number of aromatic amines is 1. The van der Waals surface area contributed by atoms with E-state index < -0.39 is 5.60 Å². The van der Waals surface area contributed by atoms with Crippen molar-refractivity contribution in [3.05, 3.63) is 89.3 Å². The maximum Gasteiger partial charge on any atom is 0.263 e. The van der Waals surface area contributed by atoms with Crippen molar-refractivity contribution in [3.8, 4) is 11.4 Å². The van der Waals surface area contributed by atoms with E-state index in [1.807, 2.05) is 26.0 Å². The summed E-state index contributed by atoms with van der Waals surface area (Å²) in [6.07, 6.45) is 0.305. The largest absolute Gasteiger partial charge is 0.478 e. The van der Waals surface area contributed by atoms with Crippen molar-refractivity contribution in [2.45, 2.75) is 45.6 Å². The van der Waals surface area contributed by atoms with Crippen LogP contribution in [0.4, 0.5) is 0 Å². The van der Waals surface area contributed by atoms with Gasteiger partial charge in [0.05, 0.1) is 29.0 Å². The summed E-state index contributed by atoms with van der Waals surface area (Å²) in [6.45, 7) is 8.26. The highest BCUT2D eigenvalue weighted by molar-refractivity contribution is 6.40. The van der Waals surface area contributed by atoms with Crippen LogP contribution >= 0.6 is 34.8 Å². The second-order valence-electron chi connectivity index (χ2n) is 10.6. The number of nitrogens with zero attached hydrogens (tertiary/aromatic N) is 6. The third-order valence-electron chi connectivity index (χ3n) is 6.50. The monoisotopic (exact) mass is 660 g/mol. The normalized spacial score (nSPS) is 11.5. The van der Waals surface area contributed by atoms with Crippen molar-refractivity contribution in [2.24, 2.45) is 5.11 Å². The van der Waals surface area contributed by atoms with Crippen molar-refractivity contribution < 1.29 is 14.3 Å². The average Bonchev–Trinajstić information content (AvgIpc) is 3.33. The summed E-state index contributed by atoms with van der Waals surface area (Å²) in [5, 5.41) is 12.1. The Morgan fingerprint density at radius 3 is 2.48 bits per heavy atom. The summed E-state index contributed by atoms with van der Waals surface area (Å²) in [5.41, 5.74) is 8.90. The number of carbonyl (C=O) groups excluding carboxylic acids is 1. The number of hydrogen-bond donors (Lipinski definition) is 2. The van der Waals surface area contributed by atoms with Gasteiger partial charge in [0.25, 0.3) is 11.5 Å². The minimum absolute atomic E-state index is 0.0695. The summed E-state index contributed by atoms with van der Waals surface area (Å²) in [6, 6.07) is 10.3. The first-order valence-corrected chi connectivity index (χ1v) is 14.9. The summed E-state index contributed by atoms with van der Waals surface area (Å²) < 4.78 is 12.7. The van der Waals surface area contributed by atoms with Crippen molar-refractivity contribution in [2.75, 3.05) is 26.3 Å². The van der Waals surface area contributed by atoms with E-state index in [-0.39, 0.29) is 53.7 Å². The van der Waals surface area contributed by atoms with Crippen LogP contribution in [0.25, 0.3) is 27.2 Å². The van der Waals surface area contributed by atoms with Crippen LogP contribution in [-0.2, 0) is 16.0 Å². The fraction of sp³-hybridized carbons (Fsp3) is 0.379. The summed E-state index contributed by atoms with van der Waals surface area (Å²) in [4.78, 5) is 36.2. The highest BCUT2D eigenvalue weighted by Gasteiger charge is 2.29. The number of rotatable bonds is 13. The van der Waals surface area contributed by atoms with Gasteiger partial charge in [-0.15, -0.1) is 0 Å². The molecule has 2 N–H and O–H groups in total. The third-order valence-corrected chi connectivity index (χ3v) is 7.29. The van der Waals surface area contributed by atoms with Gasteiger partial charge in [-0.3, -0.25) is 9.59 Å². The van der Waals surface area contributed by atoms with E-state index in [2.05, 4.69) is 25.4 Å². The zero-order valence-corrected chi connectivity index (χ0v) is 26.8. The van der Waals surface area contributed by atoms with Gasteiger partial charge in [0, 0.05) is 29.4 Å². The summed E-state index contributed by atoms with van der Waals surface area (Å²) >= 11 is 19.1. The van der Waals surface area contributed by atoms with Gasteiger partial charge in [-0.2, -0.15) is 5.10 Å². The number of H-pyrrole nitrogens is 1. The van der Waals surface area contributed by atoms with E-state index in [1.165, 1.54) is 4.68 Å². The molecular formula is C29H31Cl3N8O4. The SMILES string of the molecule is CC(C)c1nn(-c2c(Cl)cc(Cl)cc2Cl)c2nc(Cc3ccc(OC(C)(C)C(=O)NCCOCCN=[N+]=[N-])cc3)[nH]c(=O)c12. The molecule has 0 fully saturated rings. The highest BCUT2D eigenvalue weighted by Crippen LogP contribution is 2.34. The lowest BCUT2D eigenvalue weighted by Crippen LogP contribution is -2.47. The molecule has 0 radical (unpaired) electrons. The number of carbonyl (C=O) groups is 1. The number of halogens is 3. The third kappa shape index (κ3) is 7.82. The molecule has 12 nitrogen and oxygen atoms in total. The Balaban J connectivity index is 1.50. The van der Waals surface area contributed by atoms with Crippen LogP contribution in [0.15, 0.2) is 46.3 Å². The number of hydrogen-bond acceptors (Lipinski definition) is 7. The van der Waals surface area contributed by atoms with Gasteiger partial charge in [-0.25, -0.2) is 9.67 Å². The van der Waals surface area contributed by atoms with Crippen LogP contribution in [0.1, 0.15) is 50.7 Å². The molecule has 4 rings (SSSR count). The molecule has 4 aromatic rings. The molecule has 2 heterocycles. The lowest BCUT2D eigenvalue weighted by molar-refractivity contribution is -0.134. The molecule has 0 atom stereocenters. The first-order valence-electron chi connectivity index (χ1n) is 13.7. The molecule has 0 aliphatic carbocycles. The first kappa shape index (κ1) is 33.1. The molecular weight excluding hydrogens is 631 g/mol. The molecule has 0 saturated carbocycles. The van der Waals surface area contributed by atoms with Crippen molar-refractivity contribution in [3.63, 3.8) is 0 Å². The molecule has 0 aliphatic heterocycles. The van der Waals surface area contributed by atoms with Gasteiger partial charge in [-0.1, -0.05) is 65.9 Å². The van der Waals surface area contributed by atoms with E-state index in [4.69, 9.17) is 54.8 Å². The predicted molar refractivity (Wildman–Crippen MR) is 170 cm³/mol.